The molecule has 9 heteroatoms. The minimum atomic E-state index is -1.09. The van der Waals surface area contributed by atoms with Gasteiger partial charge in [-0.1, -0.05) is 23.7 Å². The summed E-state index contributed by atoms with van der Waals surface area (Å²) in [6.07, 6.45) is 0. The number of aromatic carboxylic acids is 1. The molecule has 2 heterocycles. The molecule has 2 aromatic rings. The Kier molecular flexibility index (Phi) is 6.01. The van der Waals surface area contributed by atoms with Crippen LogP contribution in [0, 0.1) is 11.3 Å². The lowest BCUT2D eigenvalue weighted by molar-refractivity contribution is 0.0700. The number of carbonyl (C=O) groups is 1. The fourth-order valence-corrected chi connectivity index (χ4v) is 4.44. The Hall–Kier alpha value is -1.82. The first-order valence-corrected chi connectivity index (χ1v) is 9.38. The van der Waals surface area contributed by atoms with Crippen molar-refractivity contribution in [2.75, 3.05) is 31.2 Å². The predicted molar refractivity (Wildman–Crippen MR) is 101 cm³/mol. The molecule has 1 aromatic heterocycles. The molecule has 6 nitrogen and oxygen atoms in total. The van der Waals surface area contributed by atoms with Crippen LogP contribution in [0.3, 0.4) is 0 Å². The monoisotopic (exact) mass is 411 g/mol. The Labute approximate surface area is 164 Å². The first kappa shape index (κ1) is 19.0. The van der Waals surface area contributed by atoms with E-state index < -0.39 is 12.0 Å². The molecule has 0 amide bonds. The Morgan fingerprint density at radius 2 is 2.00 bits per heavy atom. The number of nitrogens with one attached hydrogen (secondary N) is 1. The van der Waals surface area contributed by atoms with Crippen LogP contribution in [0.5, 0.6) is 0 Å². The molecule has 136 valence electrons. The zero-order valence-electron chi connectivity index (χ0n) is 13.5. The zero-order valence-corrected chi connectivity index (χ0v) is 15.9. The topological polar surface area (TPSA) is 85.6 Å². The van der Waals surface area contributed by atoms with Crippen LogP contribution in [-0.4, -0.2) is 37.4 Å². The van der Waals surface area contributed by atoms with Crippen LogP contribution in [0.25, 0.3) is 0 Å². The Morgan fingerprint density at radius 3 is 2.54 bits per heavy atom. The van der Waals surface area contributed by atoms with E-state index in [9.17, 15) is 15.2 Å². The Balaban J connectivity index is 2.14. The van der Waals surface area contributed by atoms with Gasteiger partial charge in [-0.25, -0.2) is 9.63 Å². The van der Waals surface area contributed by atoms with E-state index >= 15 is 0 Å². The van der Waals surface area contributed by atoms with Crippen LogP contribution in [0.15, 0.2) is 24.3 Å². The number of morpholine rings is 1. The molecule has 1 fully saturated rings. The van der Waals surface area contributed by atoms with E-state index in [1.54, 1.807) is 24.3 Å². The van der Waals surface area contributed by atoms with E-state index in [0.717, 1.165) is 16.9 Å². The highest BCUT2D eigenvalue weighted by atomic mass is 35.5. The SMILES string of the molecule is N#Cc1c(N2CCOCC2)sc(C(=O)O)c1C(NCl)c1ccc(Cl)cc1. The lowest BCUT2D eigenvalue weighted by Gasteiger charge is -2.27. The van der Waals surface area contributed by atoms with Crippen molar-refractivity contribution in [3.63, 3.8) is 0 Å². The molecular formula is C17H15Cl2N3O3S. The number of benzene rings is 1. The second kappa shape index (κ2) is 8.25. The third-order valence-corrected chi connectivity index (χ3v) is 5.86. The summed E-state index contributed by atoms with van der Waals surface area (Å²) in [5.74, 6) is -1.09. The van der Waals surface area contributed by atoms with Gasteiger partial charge in [-0.3, -0.25) is 0 Å². The van der Waals surface area contributed by atoms with Crippen molar-refractivity contribution in [1.82, 2.24) is 4.84 Å². The number of carboxylic acid groups (broad SMARTS) is 1. The summed E-state index contributed by atoms with van der Waals surface area (Å²) in [6.45, 7) is 2.28. The average Bonchev–Trinajstić information content (AvgIpc) is 3.04. The van der Waals surface area contributed by atoms with E-state index in [-0.39, 0.29) is 4.88 Å². The van der Waals surface area contributed by atoms with Gasteiger partial charge in [0, 0.05) is 23.7 Å². The Morgan fingerprint density at radius 1 is 1.35 bits per heavy atom. The number of nitriles is 1. The second-order valence-corrected chi connectivity index (χ2v) is 7.29. The molecular weight excluding hydrogens is 397 g/mol. The average molecular weight is 412 g/mol. The van der Waals surface area contributed by atoms with Gasteiger partial charge in [-0.2, -0.15) is 5.26 Å². The summed E-state index contributed by atoms with van der Waals surface area (Å²) in [5, 5.41) is 20.7. The van der Waals surface area contributed by atoms with Gasteiger partial charge >= 0.3 is 5.97 Å². The van der Waals surface area contributed by atoms with Gasteiger partial charge in [0.15, 0.2) is 0 Å². The maximum Gasteiger partial charge on any atom is 0.346 e. The van der Waals surface area contributed by atoms with Gasteiger partial charge in [0.25, 0.3) is 0 Å². The molecule has 1 unspecified atom stereocenters. The summed E-state index contributed by atoms with van der Waals surface area (Å²) in [6, 6.07) is 8.41. The molecule has 0 bridgehead atoms. The lowest BCUT2D eigenvalue weighted by atomic mass is 9.96. The molecule has 1 saturated heterocycles. The van der Waals surface area contributed by atoms with Gasteiger partial charge in [0.05, 0.1) is 24.8 Å². The van der Waals surface area contributed by atoms with Crippen molar-refractivity contribution in [1.29, 1.82) is 5.26 Å². The highest BCUT2D eigenvalue weighted by molar-refractivity contribution is 7.18. The molecule has 26 heavy (non-hydrogen) atoms. The molecule has 0 spiro atoms. The van der Waals surface area contributed by atoms with Crippen molar-refractivity contribution in [2.45, 2.75) is 6.04 Å². The lowest BCUT2D eigenvalue weighted by Crippen LogP contribution is -2.36. The highest BCUT2D eigenvalue weighted by Crippen LogP contribution is 2.41. The smallest absolute Gasteiger partial charge is 0.346 e. The number of halogens is 2. The van der Waals surface area contributed by atoms with Crippen LogP contribution in [0.2, 0.25) is 5.02 Å². The molecule has 0 saturated carbocycles. The first-order chi connectivity index (χ1) is 12.6. The highest BCUT2D eigenvalue weighted by Gasteiger charge is 2.31. The van der Waals surface area contributed by atoms with Crippen LogP contribution < -0.4 is 9.74 Å². The van der Waals surface area contributed by atoms with E-state index in [1.165, 1.54) is 0 Å². The number of carboxylic acids is 1. The van der Waals surface area contributed by atoms with Gasteiger partial charge in [0.1, 0.15) is 15.9 Å². The maximum atomic E-state index is 11.9. The Bertz CT molecular complexity index is 842. The molecule has 0 radical (unpaired) electrons. The van der Waals surface area contributed by atoms with Crippen LogP contribution in [-0.2, 0) is 4.74 Å². The first-order valence-electron chi connectivity index (χ1n) is 7.81. The number of rotatable bonds is 5. The van der Waals surface area contributed by atoms with Crippen molar-refractivity contribution >= 4 is 45.7 Å². The van der Waals surface area contributed by atoms with E-state index in [4.69, 9.17) is 28.1 Å². The van der Waals surface area contributed by atoms with E-state index in [0.29, 0.717) is 47.5 Å². The van der Waals surface area contributed by atoms with Crippen LogP contribution in [0.4, 0.5) is 5.00 Å². The quantitative estimate of drug-likeness (QED) is 0.730. The molecule has 2 N–H and O–H groups in total. The van der Waals surface area contributed by atoms with Gasteiger partial charge in [0.2, 0.25) is 0 Å². The third kappa shape index (κ3) is 3.65. The second-order valence-electron chi connectivity index (χ2n) is 5.64. The minimum Gasteiger partial charge on any atom is -0.477 e. The molecule has 3 rings (SSSR count). The molecule has 1 aliphatic rings. The number of ether oxygens (including phenoxy) is 1. The number of hydrogen-bond donors (Lipinski definition) is 2. The predicted octanol–water partition coefficient (Wildman–Crippen LogP) is 3.64. The molecule has 1 aromatic carbocycles. The molecule has 1 atom stereocenters. The normalized spacial score (nSPS) is 15.5. The van der Waals surface area contributed by atoms with Crippen molar-refractivity contribution in [3.05, 3.63) is 50.9 Å². The van der Waals surface area contributed by atoms with Gasteiger partial charge < -0.3 is 14.7 Å². The fourth-order valence-electron chi connectivity index (χ4n) is 2.90. The van der Waals surface area contributed by atoms with Gasteiger partial charge in [-0.05, 0) is 29.5 Å². The molecule has 1 aliphatic heterocycles. The largest absolute Gasteiger partial charge is 0.477 e. The molecule has 0 aliphatic carbocycles. The zero-order chi connectivity index (χ0) is 18.7. The number of thiophene rings is 1. The van der Waals surface area contributed by atoms with E-state index in [2.05, 4.69) is 10.9 Å². The van der Waals surface area contributed by atoms with Crippen molar-refractivity contribution < 1.29 is 14.6 Å². The number of nitrogens with zero attached hydrogens (tertiary/aromatic N) is 2. The summed E-state index contributed by atoms with van der Waals surface area (Å²) < 4.78 is 5.35. The summed E-state index contributed by atoms with van der Waals surface area (Å²) >= 11 is 13.0. The maximum absolute atomic E-state index is 11.9. The number of anilines is 1. The van der Waals surface area contributed by atoms with Crippen LogP contribution >= 0.6 is 34.7 Å². The third-order valence-electron chi connectivity index (χ3n) is 4.13. The van der Waals surface area contributed by atoms with Crippen molar-refractivity contribution in [3.8, 4) is 6.07 Å². The summed E-state index contributed by atoms with van der Waals surface area (Å²) in [7, 11) is 0. The summed E-state index contributed by atoms with van der Waals surface area (Å²) in [4.78, 5) is 16.6. The standard InChI is InChI=1S/C17H15Cl2N3O3S/c18-11-3-1-10(2-4-11)14(21-19)13-12(9-20)16(26-15(13)17(23)24)22-5-7-25-8-6-22/h1-4,14,21H,5-8H2,(H,23,24). The summed E-state index contributed by atoms with van der Waals surface area (Å²) in [5.41, 5.74) is 1.40. The fraction of sp³-hybridized carbons (Fsp3) is 0.294. The van der Waals surface area contributed by atoms with Crippen molar-refractivity contribution in [2.24, 2.45) is 0 Å². The minimum absolute atomic E-state index is 0.0936. The number of hydrogen-bond acceptors (Lipinski definition) is 6. The van der Waals surface area contributed by atoms with Gasteiger partial charge in [-0.15, -0.1) is 11.3 Å². The van der Waals surface area contributed by atoms with Crippen LogP contribution in [0.1, 0.15) is 32.4 Å². The van der Waals surface area contributed by atoms with E-state index in [1.807, 2.05) is 4.90 Å².